The number of rotatable bonds is 4. The number of halogens is 1. The van der Waals surface area contributed by atoms with Gasteiger partial charge in [0.1, 0.15) is 5.76 Å². The van der Waals surface area contributed by atoms with Gasteiger partial charge in [0.15, 0.2) is 5.15 Å². The zero-order valence-corrected chi connectivity index (χ0v) is 13.9. The van der Waals surface area contributed by atoms with E-state index in [1.807, 2.05) is 6.07 Å². The van der Waals surface area contributed by atoms with E-state index >= 15 is 0 Å². The molecule has 0 saturated heterocycles. The topological polar surface area (TPSA) is 70.9 Å². The first-order valence-corrected chi connectivity index (χ1v) is 8.58. The second-order valence-corrected chi connectivity index (χ2v) is 6.58. The van der Waals surface area contributed by atoms with E-state index in [0.717, 1.165) is 30.5 Å². The van der Waals surface area contributed by atoms with Gasteiger partial charge in [-0.3, -0.25) is 4.79 Å². The SMILES string of the molecule is O=C(CCc1cc(Cl)no1)N[C@H]1CCCc2c1[nH]c1ccccc21. The Morgan fingerprint density at radius 3 is 3.12 bits per heavy atom. The lowest BCUT2D eigenvalue weighted by molar-refractivity contribution is -0.122. The Kier molecular flexibility index (Phi) is 4.02. The second kappa shape index (κ2) is 6.32. The molecule has 2 aromatic heterocycles. The average Bonchev–Trinajstić information content (AvgIpc) is 3.17. The molecule has 4 rings (SSSR count). The molecule has 1 aliphatic carbocycles. The first-order valence-electron chi connectivity index (χ1n) is 8.20. The Balaban J connectivity index is 1.47. The number of H-pyrrole nitrogens is 1. The predicted octanol–water partition coefficient (Wildman–Crippen LogP) is 3.94. The van der Waals surface area contributed by atoms with Crippen LogP contribution < -0.4 is 5.32 Å². The Bertz CT molecular complexity index is 883. The van der Waals surface area contributed by atoms with Gasteiger partial charge in [-0.2, -0.15) is 0 Å². The van der Waals surface area contributed by atoms with Gasteiger partial charge in [-0.1, -0.05) is 35.0 Å². The number of nitrogens with one attached hydrogen (secondary N) is 2. The van der Waals surface area contributed by atoms with E-state index in [2.05, 4.69) is 33.7 Å². The van der Waals surface area contributed by atoms with Crippen molar-refractivity contribution in [2.24, 2.45) is 0 Å². The summed E-state index contributed by atoms with van der Waals surface area (Å²) < 4.78 is 5.03. The first-order chi connectivity index (χ1) is 11.7. The molecular weight excluding hydrogens is 326 g/mol. The van der Waals surface area contributed by atoms with Crippen LogP contribution in [0.4, 0.5) is 0 Å². The summed E-state index contributed by atoms with van der Waals surface area (Å²) in [6.07, 6.45) is 3.95. The molecular formula is C18H18ClN3O2. The summed E-state index contributed by atoms with van der Waals surface area (Å²) >= 11 is 5.72. The quantitative estimate of drug-likeness (QED) is 0.753. The lowest BCUT2D eigenvalue weighted by Gasteiger charge is -2.23. The van der Waals surface area contributed by atoms with E-state index in [9.17, 15) is 4.79 Å². The molecule has 0 fully saturated rings. The van der Waals surface area contributed by atoms with Crippen molar-refractivity contribution >= 4 is 28.4 Å². The van der Waals surface area contributed by atoms with Gasteiger partial charge in [0.25, 0.3) is 0 Å². The lowest BCUT2D eigenvalue weighted by atomic mass is 9.91. The van der Waals surface area contributed by atoms with Crippen LogP contribution in [0.5, 0.6) is 0 Å². The van der Waals surface area contributed by atoms with Gasteiger partial charge in [-0.15, -0.1) is 0 Å². The highest BCUT2D eigenvalue weighted by Gasteiger charge is 2.25. The molecule has 1 aliphatic rings. The number of aryl methyl sites for hydroxylation is 2. The molecule has 0 bridgehead atoms. The van der Waals surface area contributed by atoms with E-state index in [1.165, 1.54) is 10.9 Å². The smallest absolute Gasteiger partial charge is 0.220 e. The van der Waals surface area contributed by atoms with Gasteiger partial charge in [-0.05, 0) is 30.9 Å². The van der Waals surface area contributed by atoms with E-state index in [4.69, 9.17) is 16.1 Å². The highest BCUT2D eigenvalue weighted by Crippen LogP contribution is 2.34. The number of nitrogens with zero attached hydrogens (tertiary/aromatic N) is 1. The molecule has 24 heavy (non-hydrogen) atoms. The summed E-state index contributed by atoms with van der Waals surface area (Å²) in [7, 11) is 0. The van der Waals surface area contributed by atoms with E-state index in [1.54, 1.807) is 6.07 Å². The Labute approximate surface area is 144 Å². The molecule has 1 aromatic carbocycles. The van der Waals surface area contributed by atoms with Crippen molar-refractivity contribution in [3.05, 3.63) is 52.5 Å². The van der Waals surface area contributed by atoms with Crippen LogP contribution in [0, 0.1) is 0 Å². The minimum Gasteiger partial charge on any atom is -0.360 e. The van der Waals surface area contributed by atoms with Crippen LogP contribution in [-0.4, -0.2) is 16.0 Å². The summed E-state index contributed by atoms with van der Waals surface area (Å²) in [5.74, 6) is 0.643. The molecule has 0 unspecified atom stereocenters. The zero-order valence-electron chi connectivity index (χ0n) is 13.1. The van der Waals surface area contributed by atoms with Crippen LogP contribution in [0.3, 0.4) is 0 Å². The fraction of sp³-hybridized carbons (Fsp3) is 0.333. The molecule has 6 heteroatoms. The van der Waals surface area contributed by atoms with E-state index in [-0.39, 0.29) is 11.9 Å². The number of carbonyl (C=O) groups excluding carboxylic acids is 1. The average molecular weight is 344 g/mol. The molecule has 0 aliphatic heterocycles. The van der Waals surface area contributed by atoms with Crippen molar-refractivity contribution in [1.29, 1.82) is 0 Å². The number of fused-ring (bicyclic) bond motifs is 3. The van der Waals surface area contributed by atoms with Crippen LogP contribution in [0.2, 0.25) is 5.15 Å². The third-order valence-electron chi connectivity index (χ3n) is 4.58. The largest absolute Gasteiger partial charge is 0.360 e. The van der Waals surface area contributed by atoms with Crippen molar-refractivity contribution in [2.75, 3.05) is 0 Å². The van der Waals surface area contributed by atoms with Crippen molar-refractivity contribution in [1.82, 2.24) is 15.5 Å². The summed E-state index contributed by atoms with van der Waals surface area (Å²) in [5, 5.41) is 8.35. The molecule has 3 aromatic rings. The molecule has 1 amide bonds. The van der Waals surface area contributed by atoms with Crippen LogP contribution in [0.1, 0.15) is 42.3 Å². The number of para-hydroxylation sites is 1. The number of benzene rings is 1. The lowest BCUT2D eigenvalue weighted by Crippen LogP contribution is -2.31. The highest BCUT2D eigenvalue weighted by molar-refractivity contribution is 6.29. The van der Waals surface area contributed by atoms with Gasteiger partial charge < -0.3 is 14.8 Å². The standard InChI is InChI=1S/C18H18ClN3O2/c19-16-10-11(24-22-16)8-9-17(23)20-15-7-3-5-13-12-4-1-2-6-14(12)21-18(13)15/h1-2,4,6,10,15,21H,3,5,7-9H2,(H,20,23)/t15-/m0/s1. The zero-order chi connectivity index (χ0) is 16.5. The number of hydrogen-bond donors (Lipinski definition) is 2. The number of amides is 1. The predicted molar refractivity (Wildman–Crippen MR) is 92.0 cm³/mol. The van der Waals surface area contributed by atoms with Crippen molar-refractivity contribution in [2.45, 2.75) is 38.1 Å². The third-order valence-corrected chi connectivity index (χ3v) is 4.76. The van der Waals surface area contributed by atoms with Gasteiger partial charge in [0, 0.05) is 35.5 Å². The van der Waals surface area contributed by atoms with E-state index < -0.39 is 0 Å². The maximum absolute atomic E-state index is 12.3. The summed E-state index contributed by atoms with van der Waals surface area (Å²) in [6.45, 7) is 0. The Morgan fingerprint density at radius 1 is 1.42 bits per heavy atom. The molecule has 1 atom stereocenters. The number of hydrogen-bond acceptors (Lipinski definition) is 3. The van der Waals surface area contributed by atoms with Gasteiger partial charge >= 0.3 is 0 Å². The maximum Gasteiger partial charge on any atom is 0.220 e. The van der Waals surface area contributed by atoms with Crippen molar-refractivity contribution in [3.8, 4) is 0 Å². The molecule has 2 heterocycles. The number of aromatic amines is 1. The van der Waals surface area contributed by atoms with Crippen LogP contribution in [0.25, 0.3) is 10.9 Å². The first kappa shape index (κ1) is 15.3. The van der Waals surface area contributed by atoms with E-state index in [0.29, 0.717) is 23.8 Å². The van der Waals surface area contributed by atoms with Gasteiger partial charge in [0.2, 0.25) is 5.91 Å². The highest BCUT2D eigenvalue weighted by atomic mass is 35.5. The summed E-state index contributed by atoms with van der Waals surface area (Å²) in [5.41, 5.74) is 3.63. The Hall–Kier alpha value is -2.27. The van der Waals surface area contributed by atoms with Gasteiger partial charge in [-0.25, -0.2) is 0 Å². The fourth-order valence-electron chi connectivity index (χ4n) is 3.47. The summed E-state index contributed by atoms with van der Waals surface area (Å²) in [6, 6.07) is 10.0. The minimum atomic E-state index is 0.0130. The monoisotopic (exact) mass is 343 g/mol. The molecule has 5 nitrogen and oxygen atoms in total. The fourth-order valence-corrected chi connectivity index (χ4v) is 3.62. The maximum atomic E-state index is 12.3. The normalized spacial score (nSPS) is 17.0. The number of carbonyl (C=O) groups is 1. The third kappa shape index (κ3) is 2.91. The van der Waals surface area contributed by atoms with Crippen molar-refractivity contribution in [3.63, 3.8) is 0 Å². The van der Waals surface area contributed by atoms with Gasteiger partial charge in [0.05, 0.1) is 6.04 Å². The second-order valence-electron chi connectivity index (χ2n) is 6.19. The number of aromatic nitrogens is 2. The van der Waals surface area contributed by atoms with Crippen LogP contribution in [-0.2, 0) is 17.6 Å². The Morgan fingerprint density at radius 2 is 2.29 bits per heavy atom. The minimum absolute atomic E-state index is 0.0130. The molecule has 0 saturated carbocycles. The molecule has 0 radical (unpaired) electrons. The van der Waals surface area contributed by atoms with Crippen molar-refractivity contribution < 1.29 is 9.32 Å². The molecule has 124 valence electrons. The van der Waals surface area contributed by atoms with Crippen LogP contribution >= 0.6 is 11.6 Å². The summed E-state index contributed by atoms with van der Waals surface area (Å²) in [4.78, 5) is 15.8. The van der Waals surface area contributed by atoms with Crippen LogP contribution in [0.15, 0.2) is 34.9 Å². The molecule has 0 spiro atoms. The molecule has 2 N–H and O–H groups in total.